The van der Waals surface area contributed by atoms with Gasteiger partial charge in [0.05, 0.1) is 6.61 Å². The predicted molar refractivity (Wildman–Crippen MR) is 95.0 cm³/mol. The molecule has 0 aromatic heterocycles. The second-order valence-electron chi connectivity index (χ2n) is 6.56. The van der Waals surface area contributed by atoms with Gasteiger partial charge < -0.3 is 14.8 Å². The molecule has 5 heteroatoms. The van der Waals surface area contributed by atoms with Gasteiger partial charge in [-0.05, 0) is 44.9 Å². The summed E-state index contributed by atoms with van der Waals surface area (Å²) in [6.07, 6.45) is 0.151. The quantitative estimate of drug-likeness (QED) is 0.780. The van der Waals surface area contributed by atoms with Gasteiger partial charge in [-0.15, -0.1) is 0 Å². The minimum Gasteiger partial charge on any atom is -0.493 e. The molecule has 133 valence electrons. The summed E-state index contributed by atoms with van der Waals surface area (Å²) in [5.74, 6) is 0.127. The van der Waals surface area contributed by atoms with E-state index in [1.165, 1.54) is 6.07 Å². The van der Waals surface area contributed by atoms with Gasteiger partial charge in [0.1, 0.15) is 17.2 Å². The summed E-state index contributed by atoms with van der Waals surface area (Å²) in [5, 5.41) is 2.66. The molecule has 2 aromatic rings. The van der Waals surface area contributed by atoms with E-state index < -0.39 is 11.7 Å². The zero-order chi connectivity index (χ0) is 18.3. The number of alkyl carbamates (subject to hydrolysis) is 1. The highest BCUT2D eigenvalue weighted by atomic mass is 19.1. The predicted octanol–water partition coefficient (Wildman–Crippen LogP) is 4.59. The molecule has 2 aromatic carbocycles. The van der Waals surface area contributed by atoms with Crippen molar-refractivity contribution in [1.29, 1.82) is 0 Å². The fourth-order valence-electron chi connectivity index (χ4n) is 2.14. The lowest BCUT2D eigenvalue weighted by molar-refractivity contribution is 0.0525. The summed E-state index contributed by atoms with van der Waals surface area (Å²) < 4.78 is 24.7. The summed E-state index contributed by atoms with van der Waals surface area (Å²) >= 11 is 0. The fourth-order valence-corrected chi connectivity index (χ4v) is 2.14. The van der Waals surface area contributed by atoms with Gasteiger partial charge >= 0.3 is 6.09 Å². The first kappa shape index (κ1) is 18.8. The Kier molecular flexibility index (Phi) is 6.39. The molecule has 0 aliphatic rings. The zero-order valence-electron chi connectivity index (χ0n) is 14.8. The highest BCUT2D eigenvalue weighted by Crippen LogP contribution is 2.26. The van der Waals surface area contributed by atoms with Gasteiger partial charge in [-0.3, -0.25) is 0 Å². The van der Waals surface area contributed by atoms with E-state index in [1.54, 1.807) is 6.07 Å². The minimum atomic E-state index is -0.516. The normalized spacial score (nSPS) is 11.0. The van der Waals surface area contributed by atoms with Crippen molar-refractivity contribution in [3.63, 3.8) is 0 Å². The smallest absolute Gasteiger partial charge is 0.407 e. The monoisotopic (exact) mass is 344 g/mol. The van der Waals surface area contributed by atoms with E-state index in [1.807, 2.05) is 51.1 Å². The van der Waals surface area contributed by atoms with Crippen molar-refractivity contribution < 1.29 is 18.7 Å². The molecule has 25 heavy (non-hydrogen) atoms. The second kappa shape index (κ2) is 8.51. The number of carbonyl (C=O) groups is 1. The molecule has 0 fully saturated rings. The standard InChI is InChI=1S/C20H23FNO3/c1-20(2,3)25-19(23)22-12-7-13-24-16-10-11-18(21)17(14-16)15-8-5-4-6-9-15/h4-6,8-9,11,14H,7,12-13H2,1-3H3,(H,22,23). The van der Waals surface area contributed by atoms with E-state index in [0.29, 0.717) is 30.9 Å². The molecule has 1 radical (unpaired) electrons. The van der Waals surface area contributed by atoms with Crippen molar-refractivity contribution in [1.82, 2.24) is 5.32 Å². The Morgan fingerprint density at radius 2 is 1.96 bits per heavy atom. The summed E-state index contributed by atoms with van der Waals surface area (Å²) in [6, 6.07) is 14.9. The van der Waals surface area contributed by atoms with Crippen LogP contribution in [0.25, 0.3) is 11.1 Å². The lowest BCUT2D eigenvalue weighted by Crippen LogP contribution is -2.33. The van der Waals surface area contributed by atoms with Crippen LogP contribution >= 0.6 is 0 Å². The van der Waals surface area contributed by atoms with Crippen molar-refractivity contribution in [2.75, 3.05) is 13.2 Å². The van der Waals surface area contributed by atoms with Crippen LogP contribution in [-0.2, 0) is 4.74 Å². The van der Waals surface area contributed by atoms with Crippen LogP contribution in [0.1, 0.15) is 27.2 Å². The number of carbonyl (C=O) groups excluding carboxylic acids is 1. The van der Waals surface area contributed by atoms with Crippen LogP contribution in [0.4, 0.5) is 9.18 Å². The molecule has 4 nitrogen and oxygen atoms in total. The topological polar surface area (TPSA) is 47.6 Å². The van der Waals surface area contributed by atoms with Crippen molar-refractivity contribution in [2.24, 2.45) is 0 Å². The van der Waals surface area contributed by atoms with Crippen molar-refractivity contribution in [3.8, 4) is 16.9 Å². The molecule has 0 atom stereocenters. The highest BCUT2D eigenvalue weighted by molar-refractivity contribution is 5.67. The Morgan fingerprint density at radius 1 is 1.24 bits per heavy atom. The molecular weight excluding hydrogens is 321 g/mol. The maximum atomic E-state index is 14.0. The van der Waals surface area contributed by atoms with Gasteiger partial charge in [-0.1, -0.05) is 30.3 Å². The molecule has 0 bridgehead atoms. The van der Waals surface area contributed by atoms with E-state index in [9.17, 15) is 9.18 Å². The maximum Gasteiger partial charge on any atom is 0.407 e. The fraction of sp³-hybridized carbons (Fsp3) is 0.350. The Balaban J connectivity index is 1.81. The van der Waals surface area contributed by atoms with E-state index in [0.717, 1.165) is 5.56 Å². The van der Waals surface area contributed by atoms with E-state index in [4.69, 9.17) is 9.47 Å². The van der Waals surface area contributed by atoms with Crippen LogP contribution in [0.5, 0.6) is 5.75 Å². The molecule has 0 spiro atoms. The minimum absolute atomic E-state index is 0.342. The van der Waals surface area contributed by atoms with Crippen LogP contribution in [0.15, 0.2) is 42.5 Å². The number of ether oxygens (including phenoxy) is 2. The number of nitrogens with one attached hydrogen (secondary N) is 1. The molecular formula is C20H23FNO3. The lowest BCUT2D eigenvalue weighted by atomic mass is 10.1. The summed E-state index contributed by atoms with van der Waals surface area (Å²) in [6.45, 7) is 6.24. The number of amides is 1. The maximum absolute atomic E-state index is 14.0. The van der Waals surface area contributed by atoms with Crippen LogP contribution in [0.2, 0.25) is 0 Å². The third-order valence-corrected chi connectivity index (χ3v) is 3.21. The first-order valence-corrected chi connectivity index (χ1v) is 8.21. The molecule has 2 rings (SSSR count). The Hall–Kier alpha value is -2.56. The van der Waals surface area contributed by atoms with Crippen LogP contribution < -0.4 is 10.1 Å². The summed E-state index contributed by atoms with van der Waals surface area (Å²) in [5.41, 5.74) is 0.740. The Labute approximate surface area is 148 Å². The van der Waals surface area contributed by atoms with Crippen molar-refractivity contribution in [3.05, 3.63) is 54.3 Å². The Bertz CT molecular complexity index is 696. The van der Waals surface area contributed by atoms with Gasteiger partial charge in [0.25, 0.3) is 0 Å². The number of hydrogen-bond acceptors (Lipinski definition) is 3. The molecule has 1 N–H and O–H groups in total. The van der Waals surface area contributed by atoms with Gasteiger partial charge in [0.15, 0.2) is 0 Å². The number of benzene rings is 2. The molecule has 0 aliphatic carbocycles. The van der Waals surface area contributed by atoms with Gasteiger partial charge in [-0.25, -0.2) is 9.18 Å². The third-order valence-electron chi connectivity index (χ3n) is 3.21. The zero-order valence-corrected chi connectivity index (χ0v) is 14.8. The summed E-state index contributed by atoms with van der Waals surface area (Å²) in [4.78, 5) is 11.5. The average Bonchev–Trinajstić information content (AvgIpc) is 2.55. The molecule has 0 saturated heterocycles. The Morgan fingerprint density at radius 3 is 2.64 bits per heavy atom. The summed E-state index contributed by atoms with van der Waals surface area (Å²) in [7, 11) is 0. The second-order valence-corrected chi connectivity index (χ2v) is 6.56. The van der Waals surface area contributed by atoms with Crippen molar-refractivity contribution in [2.45, 2.75) is 32.8 Å². The third kappa shape index (κ3) is 6.45. The molecule has 0 unspecified atom stereocenters. The van der Waals surface area contributed by atoms with Crippen molar-refractivity contribution >= 4 is 6.09 Å². The van der Waals surface area contributed by atoms with Gasteiger partial charge in [0.2, 0.25) is 0 Å². The molecule has 0 heterocycles. The van der Waals surface area contributed by atoms with Crippen LogP contribution in [-0.4, -0.2) is 24.8 Å². The largest absolute Gasteiger partial charge is 0.493 e. The SMILES string of the molecule is CC(C)(C)OC(=O)NCCCOc1[c]cc(F)c(-c2ccccc2)c1. The van der Waals surface area contributed by atoms with E-state index >= 15 is 0 Å². The first-order chi connectivity index (χ1) is 11.8. The number of hydrogen-bond donors (Lipinski definition) is 1. The molecule has 1 amide bonds. The first-order valence-electron chi connectivity index (χ1n) is 8.21. The molecule has 0 saturated carbocycles. The number of rotatable bonds is 6. The van der Waals surface area contributed by atoms with Gasteiger partial charge in [0, 0.05) is 18.2 Å². The van der Waals surface area contributed by atoms with Crippen LogP contribution in [0, 0.1) is 11.9 Å². The van der Waals surface area contributed by atoms with Gasteiger partial charge in [-0.2, -0.15) is 0 Å². The highest BCUT2D eigenvalue weighted by Gasteiger charge is 2.15. The molecule has 0 aliphatic heterocycles. The van der Waals surface area contributed by atoms with Crippen LogP contribution in [0.3, 0.4) is 0 Å². The lowest BCUT2D eigenvalue weighted by Gasteiger charge is -2.19. The number of halogens is 1. The van der Waals surface area contributed by atoms with E-state index in [-0.39, 0.29) is 5.82 Å². The average molecular weight is 344 g/mol. The van der Waals surface area contributed by atoms with E-state index in [2.05, 4.69) is 11.4 Å².